The van der Waals surface area contributed by atoms with Crippen molar-refractivity contribution in [1.29, 1.82) is 0 Å². The standard InChI is InChI=1S/C15H20N4O4S/c1-11-15(12(2)23-18-11)24(21,22)17-10-14(20)19(3)9-6-13-4-7-16-8-5-13/h4-5,7-8,17H,6,9-10H2,1-3H3. The summed E-state index contributed by atoms with van der Waals surface area (Å²) in [6, 6.07) is 3.75. The molecule has 0 spiro atoms. The van der Waals surface area contributed by atoms with Gasteiger partial charge in [0.15, 0.2) is 5.76 Å². The number of pyridine rings is 1. The van der Waals surface area contributed by atoms with Gasteiger partial charge in [0.2, 0.25) is 15.9 Å². The highest BCUT2D eigenvalue weighted by Crippen LogP contribution is 2.18. The maximum atomic E-state index is 12.3. The monoisotopic (exact) mass is 352 g/mol. The first-order chi connectivity index (χ1) is 11.3. The van der Waals surface area contributed by atoms with E-state index in [0.29, 0.717) is 13.0 Å². The highest BCUT2D eigenvalue weighted by molar-refractivity contribution is 7.89. The highest BCUT2D eigenvalue weighted by atomic mass is 32.2. The van der Waals surface area contributed by atoms with Gasteiger partial charge in [-0.25, -0.2) is 13.1 Å². The molecule has 2 rings (SSSR count). The van der Waals surface area contributed by atoms with Crippen molar-refractivity contribution < 1.29 is 17.7 Å². The molecule has 0 unspecified atom stereocenters. The van der Waals surface area contributed by atoms with Crippen molar-refractivity contribution in [3.63, 3.8) is 0 Å². The number of rotatable bonds is 7. The average Bonchev–Trinajstić information content (AvgIpc) is 2.90. The molecule has 1 amide bonds. The molecule has 8 nitrogen and oxygen atoms in total. The van der Waals surface area contributed by atoms with E-state index in [0.717, 1.165) is 5.56 Å². The molecule has 0 bridgehead atoms. The van der Waals surface area contributed by atoms with E-state index >= 15 is 0 Å². The van der Waals surface area contributed by atoms with E-state index in [9.17, 15) is 13.2 Å². The van der Waals surface area contributed by atoms with Gasteiger partial charge in [-0.1, -0.05) is 5.16 Å². The first-order valence-electron chi connectivity index (χ1n) is 7.36. The van der Waals surface area contributed by atoms with E-state index in [4.69, 9.17) is 4.52 Å². The fourth-order valence-electron chi connectivity index (χ4n) is 2.19. The van der Waals surface area contributed by atoms with Crippen LogP contribution in [0.2, 0.25) is 0 Å². The molecule has 0 aromatic carbocycles. The molecule has 0 radical (unpaired) electrons. The van der Waals surface area contributed by atoms with Crippen LogP contribution in [0.4, 0.5) is 0 Å². The number of aryl methyl sites for hydroxylation is 2. The predicted molar refractivity (Wildman–Crippen MR) is 86.7 cm³/mol. The van der Waals surface area contributed by atoms with E-state index < -0.39 is 10.0 Å². The third-order valence-corrected chi connectivity index (χ3v) is 5.21. The fraction of sp³-hybridized carbons (Fsp3) is 0.400. The van der Waals surface area contributed by atoms with Crippen molar-refractivity contribution in [2.45, 2.75) is 25.2 Å². The summed E-state index contributed by atoms with van der Waals surface area (Å²) in [4.78, 5) is 17.5. The fourth-order valence-corrected chi connectivity index (χ4v) is 3.49. The summed E-state index contributed by atoms with van der Waals surface area (Å²) in [7, 11) is -2.20. The van der Waals surface area contributed by atoms with Gasteiger partial charge in [0, 0.05) is 26.0 Å². The summed E-state index contributed by atoms with van der Waals surface area (Å²) in [6.45, 7) is 3.21. The highest BCUT2D eigenvalue weighted by Gasteiger charge is 2.25. The molecule has 0 aliphatic rings. The number of carbonyl (C=O) groups is 1. The van der Waals surface area contributed by atoms with Crippen LogP contribution in [0.25, 0.3) is 0 Å². The molecule has 2 aromatic rings. The maximum Gasteiger partial charge on any atom is 0.246 e. The topological polar surface area (TPSA) is 105 Å². The Morgan fingerprint density at radius 1 is 1.29 bits per heavy atom. The third kappa shape index (κ3) is 4.39. The predicted octanol–water partition coefficient (Wildman–Crippen LogP) is 0.666. The van der Waals surface area contributed by atoms with E-state index in [1.807, 2.05) is 12.1 Å². The maximum absolute atomic E-state index is 12.3. The lowest BCUT2D eigenvalue weighted by atomic mass is 10.2. The molecule has 0 fully saturated rings. The number of aromatic nitrogens is 2. The van der Waals surface area contributed by atoms with Gasteiger partial charge in [-0.15, -0.1) is 0 Å². The van der Waals surface area contributed by atoms with Gasteiger partial charge in [0.25, 0.3) is 0 Å². The number of hydrogen-bond acceptors (Lipinski definition) is 6. The summed E-state index contributed by atoms with van der Waals surface area (Å²) in [5.41, 5.74) is 1.32. The zero-order valence-corrected chi connectivity index (χ0v) is 14.6. The molecule has 130 valence electrons. The Labute approximate surface area is 140 Å². The van der Waals surface area contributed by atoms with E-state index in [-0.39, 0.29) is 28.8 Å². The van der Waals surface area contributed by atoms with Crippen LogP contribution < -0.4 is 4.72 Å². The summed E-state index contributed by atoms with van der Waals surface area (Å²) in [5.74, 6) is -0.127. The van der Waals surface area contributed by atoms with Gasteiger partial charge in [-0.3, -0.25) is 9.78 Å². The molecule has 0 aliphatic heterocycles. The van der Waals surface area contributed by atoms with E-state index in [2.05, 4.69) is 14.9 Å². The zero-order valence-electron chi connectivity index (χ0n) is 13.8. The van der Waals surface area contributed by atoms with Gasteiger partial charge in [0.1, 0.15) is 10.6 Å². The van der Waals surface area contributed by atoms with Crippen molar-refractivity contribution in [3.05, 3.63) is 41.5 Å². The van der Waals surface area contributed by atoms with E-state index in [1.165, 1.54) is 18.7 Å². The number of amides is 1. The first kappa shape index (κ1) is 18.1. The van der Waals surface area contributed by atoms with Crippen molar-refractivity contribution >= 4 is 15.9 Å². The Morgan fingerprint density at radius 3 is 2.54 bits per heavy atom. The quantitative estimate of drug-likeness (QED) is 0.785. The van der Waals surface area contributed by atoms with Crippen LogP contribution in [0, 0.1) is 13.8 Å². The van der Waals surface area contributed by atoms with Crippen LogP contribution in [0.5, 0.6) is 0 Å². The third-order valence-electron chi connectivity index (χ3n) is 3.56. The molecule has 1 N–H and O–H groups in total. The van der Waals surface area contributed by atoms with Gasteiger partial charge < -0.3 is 9.42 Å². The molecule has 0 atom stereocenters. The Morgan fingerprint density at radius 2 is 1.96 bits per heavy atom. The summed E-state index contributed by atoms with van der Waals surface area (Å²) in [6.07, 6.45) is 4.05. The molecule has 9 heteroatoms. The average molecular weight is 352 g/mol. The normalized spacial score (nSPS) is 11.5. The lowest BCUT2D eigenvalue weighted by Crippen LogP contribution is -2.39. The van der Waals surface area contributed by atoms with Crippen LogP contribution in [-0.4, -0.2) is 49.5 Å². The summed E-state index contributed by atoms with van der Waals surface area (Å²) >= 11 is 0. The number of likely N-dealkylation sites (N-methyl/N-ethyl adjacent to an activating group) is 1. The smallest absolute Gasteiger partial charge is 0.246 e. The summed E-state index contributed by atoms with van der Waals surface area (Å²) in [5, 5.41) is 3.61. The lowest BCUT2D eigenvalue weighted by Gasteiger charge is -2.17. The Balaban J connectivity index is 1.90. The van der Waals surface area contributed by atoms with Crippen molar-refractivity contribution in [2.75, 3.05) is 20.1 Å². The van der Waals surface area contributed by atoms with Crippen LogP contribution >= 0.6 is 0 Å². The second kappa shape index (κ2) is 7.54. The van der Waals surface area contributed by atoms with Crippen LogP contribution in [-0.2, 0) is 21.2 Å². The van der Waals surface area contributed by atoms with Gasteiger partial charge in [-0.2, -0.15) is 0 Å². The Hall–Kier alpha value is -2.26. The molecule has 0 aliphatic carbocycles. The number of nitrogens with one attached hydrogen (secondary N) is 1. The minimum atomic E-state index is -3.84. The Kier molecular flexibility index (Phi) is 5.68. The lowest BCUT2D eigenvalue weighted by molar-refractivity contribution is -0.128. The van der Waals surface area contributed by atoms with Crippen molar-refractivity contribution in [3.8, 4) is 0 Å². The second-order valence-corrected chi connectivity index (χ2v) is 7.10. The van der Waals surface area contributed by atoms with Gasteiger partial charge in [0.05, 0.1) is 6.54 Å². The zero-order chi connectivity index (χ0) is 17.7. The molecule has 0 saturated heterocycles. The molecule has 24 heavy (non-hydrogen) atoms. The van der Waals surface area contributed by atoms with Gasteiger partial charge >= 0.3 is 0 Å². The van der Waals surface area contributed by atoms with Crippen LogP contribution in [0.3, 0.4) is 0 Å². The minimum absolute atomic E-state index is 0.0188. The second-order valence-electron chi connectivity index (χ2n) is 5.40. The first-order valence-corrected chi connectivity index (χ1v) is 8.85. The van der Waals surface area contributed by atoms with E-state index in [1.54, 1.807) is 19.4 Å². The van der Waals surface area contributed by atoms with Crippen molar-refractivity contribution in [2.24, 2.45) is 0 Å². The van der Waals surface area contributed by atoms with Gasteiger partial charge in [-0.05, 0) is 38.0 Å². The molecule has 0 saturated carbocycles. The largest absolute Gasteiger partial charge is 0.360 e. The molecule has 2 heterocycles. The van der Waals surface area contributed by atoms with Crippen LogP contribution in [0.1, 0.15) is 17.0 Å². The molecular weight excluding hydrogens is 332 g/mol. The van der Waals surface area contributed by atoms with Crippen LogP contribution in [0.15, 0.2) is 33.9 Å². The molecule has 2 aromatic heterocycles. The number of sulfonamides is 1. The SMILES string of the molecule is Cc1noc(C)c1S(=O)(=O)NCC(=O)N(C)CCc1ccncc1. The summed E-state index contributed by atoms with van der Waals surface area (Å²) < 4.78 is 31.7. The van der Waals surface area contributed by atoms with Crippen molar-refractivity contribution in [1.82, 2.24) is 19.8 Å². The number of hydrogen-bond donors (Lipinski definition) is 1. The molecular formula is C15H20N4O4S. The minimum Gasteiger partial charge on any atom is -0.360 e. The Bertz CT molecular complexity index is 783. The number of nitrogens with zero attached hydrogens (tertiary/aromatic N) is 3. The number of carbonyl (C=O) groups excluding carboxylic acids is 1.